The fraction of sp³-hybridized carbons (Fsp3) is 0.0909. The molecule has 0 amide bonds. The van der Waals surface area contributed by atoms with Crippen LogP contribution in [-0.4, -0.2) is 9.97 Å². The third-order valence-corrected chi connectivity index (χ3v) is 1.85. The van der Waals surface area contributed by atoms with E-state index in [-0.39, 0.29) is 0 Å². The fourth-order valence-corrected chi connectivity index (χ4v) is 1.12. The van der Waals surface area contributed by atoms with Crippen molar-refractivity contribution in [2.45, 2.75) is 6.92 Å². The van der Waals surface area contributed by atoms with Crippen LogP contribution in [0.1, 0.15) is 5.56 Å². The molecule has 0 saturated heterocycles. The molecule has 0 radical (unpaired) electrons. The van der Waals surface area contributed by atoms with E-state index in [2.05, 4.69) is 9.97 Å². The van der Waals surface area contributed by atoms with E-state index in [1.54, 1.807) is 18.6 Å². The van der Waals surface area contributed by atoms with Crippen LogP contribution in [0.4, 0.5) is 0 Å². The van der Waals surface area contributed by atoms with Crippen molar-refractivity contribution >= 4 is 0 Å². The first-order chi connectivity index (χ1) is 6.86. The minimum atomic E-state index is 0.516. The first-order valence-corrected chi connectivity index (χ1v) is 4.36. The molecule has 0 spiro atoms. The number of para-hydroxylation sites is 1. The van der Waals surface area contributed by atoms with E-state index in [9.17, 15) is 0 Å². The topological polar surface area (TPSA) is 35.0 Å². The molecule has 0 unspecified atom stereocenters. The van der Waals surface area contributed by atoms with Gasteiger partial charge in [0, 0.05) is 12.4 Å². The Bertz CT molecular complexity index is 415. The van der Waals surface area contributed by atoms with Crippen LogP contribution in [0.3, 0.4) is 0 Å². The highest BCUT2D eigenvalue weighted by atomic mass is 16.5. The fourth-order valence-electron chi connectivity index (χ4n) is 1.12. The second-order valence-electron chi connectivity index (χ2n) is 2.91. The van der Waals surface area contributed by atoms with E-state index in [4.69, 9.17) is 4.74 Å². The molecule has 0 aliphatic heterocycles. The third-order valence-electron chi connectivity index (χ3n) is 1.85. The Kier molecular flexibility index (Phi) is 2.40. The molecule has 0 saturated carbocycles. The SMILES string of the molecule is Cc1ccccc1Oc1cnccn1. The van der Waals surface area contributed by atoms with E-state index in [0.717, 1.165) is 11.3 Å². The molecule has 70 valence electrons. The summed E-state index contributed by atoms with van der Waals surface area (Å²) >= 11 is 0. The van der Waals surface area contributed by atoms with E-state index in [1.165, 1.54) is 0 Å². The summed E-state index contributed by atoms with van der Waals surface area (Å²) in [6.45, 7) is 1.99. The zero-order valence-corrected chi connectivity index (χ0v) is 7.84. The predicted octanol–water partition coefficient (Wildman–Crippen LogP) is 2.58. The highest BCUT2D eigenvalue weighted by Crippen LogP contribution is 2.21. The zero-order chi connectivity index (χ0) is 9.80. The Morgan fingerprint density at radius 1 is 1.14 bits per heavy atom. The van der Waals surface area contributed by atoms with Crippen LogP contribution in [0.25, 0.3) is 0 Å². The Morgan fingerprint density at radius 2 is 2.00 bits per heavy atom. The largest absolute Gasteiger partial charge is 0.437 e. The Hall–Kier alpha value is -1.90. The number of hydrogen-bond acceptors (Lipinski definition) is 3. The smallest absolute Gasteiger partial charge is 0.237 e. The van der Waals surface area contributed by atoms with Crippen LogP contribution in [0.2, 0.25) is 0 Å². The van der Waals surface area contributed by atoms with Gasteiger partial charge < -0.3 is 4.74 Å². The van der Waals surface area contributed by atoms with Gasteiger partial charge in [-0.05, 0) is 18.6 Å². The molecular formula is C11H10N2O. The van der Waals surface area contributed by atoms with E-state index < -0.39 is 0 Å². The van der Waals surface area contributed by atoms with Crippen molar-refractivity contribution in [3.63, 3.8) is 0 Å². The minimum Gasteiger partial charge on any atom is -0.437 e. The number of nitrogens with zero attached hydrogens (tertiary/aromatic N) is 2. The molecule has 0 bridgehead atoms. The highest BCUT2D eigenvalue weighted by Gasteiger charge is 1.99. The third kappa shape index (κ3) is 1.88. The summed E-state index contributed by atoms with van der Waals surface area (Å²) < 4.78 is 5.54. The number of rotatable bonds is 2. The van der Waals surface area contributed by atoms with Gasteiger partial charge in [-0.1, -0.05) is 18.2 Å². The van der Waals surface area contributed by atoms with Gasteiger partial charge in [0.15, 0.2) is 0 Å². The zero-order valence-electron chi connectivity index (χ0n) is 7.84. The molecule has 1 aromatic carbocycles. The molecule has 1 aromatic heterocycles. The quantitative estimate of drug-likeness (QED) is 0.723. The molecule has 0 atom stereocenters. The molecule has 3 nitrogen and oxygen atoms in total. The lowest BCUT2D eigenvalue weighted by Crippen LogP contribution is -1.89. The van der Waals surface area contributed by atoms with Crippen LogP contribution in [0.15, 0.2) is 42.9 Å². The van der Waals surface area contributed by atoms with E-state index in [0.29, 0.717) is 5.88 Å². The molecule has 14 heavy (non-hydrogen) atoms. The van der Waals surface area contributed by atoms with Gasteiger partial charge in [0.1, 0.15) is 5.75 Å². The predicted molar refractivity (Wildman–Crippen MR) is 53.3 cm³/mol. The summed E-state index contributed by atoms with van der Waals surface area (Å²) in [5, 5.41) is 0. The van der Waals surface area contributed by atoms with Gasteiger partial charge >= 0.3 is 0 Å². The summed E-state index contributed by atoms with van der Waals surface area (Å²) in [6, 6.07) is 7.80. The molecule has 0 fully saturated rings. The molecule has 2 rings (SSSR count). The maximum absolute atomic E-state index is 5.54. The first-order valence-electron chi connectivity index (χ1n) is 4.36. The lowest BCUT2D eigenvalue weighted by Gasteiger charge is -2.05. The van der Waals surface area contributed by atoms with Crippen molar-refractivity contribution in [3.8, 4) is 11.6 Å². The van der Waals surface area contributed by atoms with Crippen molar-refractivity contribution in [3.05, 3.63) is 48.4 Å². The van der Waals surface area contributed by atoms with Crippen LogP contribution in [-0.2, 0) is 0 Å². The van der Waals surface area contributed by atoms with Gasteiger partial charge in [0.05, 0.1) is 6.20 Å². The van der Waals surface area contributed by atoms with Crippen LogP contribution in [0.5, 0.6) is 11.6 Å². The highest BCUT2D eigenvalue weighted by molar-refractivity contribution is 5.34. The Labute approximate surface area is 82.4 Å². The molecule has 3 heteroatoms. The molecule has 0 aliphatic carbocycles. The van der Waals surface area contributed by atoms with Crippen LogP contribution >= 0.6 is 0 Å². The van der Waals surface area contributed by atoms with Gasteiger partial charge in [-0.2, -0.15) is 0 Å². The molecule has 0 aliphatic rings. The molecule has 0 N–H and O–H groups in total. The normalized spacial score (nSPS) is 9.79. The summed E-state index contributed by atoms with van der Waals surface area (Å²) in [6.07, 6.45) is 4.81. The minimum absolute atomic E-state index is 0.516. The van der Waals surface area contributed by atoms with Crippen molar-refractivity contribution < 1.29 is 4.74 Å². The van der Waals surface area contributed by atoms with Gasteiger partial charge in [0.25, 0.3) is 0 Å². The number of aryl methyl sites for hydroxylation is 1. The second-order valence-corrected chi connectivity index (χ2v) is 2.91. The number of ether oxygens (including phenoxy) is 1. The molecule has 1 heterocycles. The van der Waals surface area contributed by atoms with Crippen LogP contribution in [0, 0.1) is 6.92 Å². The summed E-state index contributed by atoms with van der Waals surface area (Å²) in [5.41, 5.74) is 1.08. The van der Waals surface area contributed by atoms with Crippen LogP contribution < -0.4 is 4.74 Å². The monoisotopic (exact) mass is 186 g/mol. The maximum Gasteiger partial charge on any atom is 0.237 e. The number of benzene rings is 1. The van der Waals surface area contributed by atoms with Crippen molar-refractivity contribution in [1.82, 2.24) is 9.97 Å². The van der Waals surface area contributed by atoms with Gasteiger partial charge in [-0.15, -0.1) is 0 Å². The Morgan fingerprint density at radius 3 is 2.71 bits per heavy atom. The average molecular weight is 186 g/mol. The maximum atomic E-state index is 5.54. The lowest BCUT2D eigenvalue weighted by atomic mass is 10.2. The number of hydrogen-bond donors (Lipinski definition) is 0. The van der Waals surface area contributed by atoms with E-state index >= 15 is 0 Å². The number of aromatic nitrogens is 2. The van der Waals surface area contributed by atoms with Crippen molar-refractivity contribution in [2.24, 2.45) is 0 Å². The van der Waals surface area contributed by atoms with Crippen molar-refractivity contribution in [2.75, 3.05) is 0 Å². The summed E-state index contributed by atoms with van der Waals surface area (Å²) in [4.78, 5) is 7.95. The molecule has 2 aromatic rings. The average Bonchev–Trinajstić information content (AvgIpc) is 2.23. The van der Waals surface area contributed by atoms with Crippen molar-refractivity contribution in [1.29, 1.82) is 0 Å². The molecular weight excluding hydrogens is 176 g/mol. The lowest BCUT2D eigenvalue weighted by molar-refractivity contribution is 0.457. The van der Waals surface area contributed by atoms with Gasteiger partial charge in [0.2, 0.25) is 5.88 Å². The summed E-state index contributed by atoms with van der Waals surface area (Å²) in [5.74, 6) is 1.33. The van der Waals surface area contributed by atoms with Gasteiger partial charge in [-0.3, -0.25) is 4.98 Å². The Balaban J connectivity index is 2.24. The standard InChI is InChI=1S/C11H10N2O/c1-9-4-2-3-5-10(9)14-11-8-12-6-7-13-11/h2-8H,1H3. The van der Waals surface area contributed by atoms with Gasteiger partial charge in [-0.25, -0.2) is 4.98 Å². The summed E-state index contributed by atoms with van der Waals surface area (Å²) in [7, 11) is 0. The first kappa shape index (κ1) is 8.69. The second kappa shape index (κ2) is 3.87. The van der Waals surface area contributed by atoms with E-state index in [1.807, 2.05) is 31.2 Å².